The third kappa shape index (κ3) is 7.21. The van der Waals surface area contributed by atoms with Crippen LogP contribution in [0, 0.1) is 6.92 Å². The Bertz CT molecular complexity index is 735. The van der Waals surface area contributed by atoms with Crippen molar-refractivity contribution in [2.75, 3.05) is 26.2 Å². The second kappa shape index (κ2) is 12.9. The van der Waals surface area contributed by atoms with Crippen LogP contribution in [0.3, 0.4) is 0 Å². The summed E-state index contributed by atoms with van der Waals surface area (Å²) in [5.74, 6) is 1.82. The van der Waals surface area contributed by atoms with Crippen molar-refractivity contribution in [2.45, 2.75) is 40.3 Å². The van der Waals surface area contributed by atoms with Gasteiger partial charge in [0, 0.05) is 25.0 Å². The summed E-state index contributed by atoms with van der Waals surface area (Å²) in [6.45, 7) is 11.8. The average Bonchev–Trinajstić information content (AvgIpc) is 3.09. The van der Waals surface area contributed by atoms with Crippen LogP contribution in [-0.4, -0.2) is 47.2 Å². The number of aryl methyl sites for hydroxylation is 1. The molecule has 0 saturated carbocycles. The summed E-state index contributed by atoms with van der Waals surface area (Å²) < 4.78 is 4.99. The minimum atomic E-state index is 0. The van der Waals surface area contributed by atoms with Gasteiger partial charge in [-0.05, 0) is 31.6 Å². The van der Waals surface area contributed by atoms with Crippen LogP contribution >= 0.6 is 35.6 Å². The molecule has 7 nitrogen and oxygen atoms in total. The van der Waals surface area contributed by atoms with Gasteiger partial charge in [-0.2, -0.15) is 4.98 Å². The van der Waals surface area contributed by atoms with Gasteiger partial charge in [0.1, 0.15) is 6.54 Å². The third-order valence-corrected chi connectivity index (χ3v) is 4.62. The molecule has 0 bridgehead atoms. The van der Waals surface area contributed by atoms with E-state index in [9.17, 15) is 0 Å². The second-order valence-electron chi connectivity index (χ2n) is 6.06. The smallest absolute Gasteiger partial charge is 0.223 e. The Morgan fingerprint density at radius 2 is 1.93 bits per heavy atom. The molecule has 0 radical (unpaired) electrons. The lowest BCUT2D eigenvalue weighted by molar-refractivity contribution is 0.219. The molecule has 0 fully saturated rings. The van der Waals surface area contributed by atoms with E-state index in [4.69, 9.17) is 16.1 Å². The number of benzene rings is 1. The standard InChI is InChI=1S/C19H29ClN6O.HI/c1-5-21-19(23-13-18-24-14(4)27-25-18)22-12-17(26(6-2)7-3)15-10-8-9-11-16(15)20;/h8-11,17H,5-7,12-13H2,1-4H3,(H2,21,22,23);1H. The SMILES string of the molecule is CCNC(=NCc1noc(C)n1)NCC(c1ccccc1Cl)N(CC)CC.I. The molecule has 0 amide bonds. The molecule has 0 aliphatic heterocycles. The molecule has 1 heterocycles. The lowest BCUT2D eigenvalue weighted by Crippen LogP contribution is -2.43. The van der Waals surface area contributed by atoms with Crippen molar-refractivity contribution in [1.29, 1.82) is 0 Å². The summed E-state index contributed by atoms with van der Waals surface area (Å²) >= 11 is 6.47. The van der Waals surface area contributed by atoms with Crippen LogP contribution in [0.4, 0.5) is 0 Å². The molecule has 28 heavy (non-hydrogen) atoms. The molecule has 9 heteroatoms. The van der Waals surface area contributed by atoms with E-state index in [-0.39, 0.29) is 30.0 Å². The number of aliphatic imine (C=N–C) groups is 1. The zero-order chi connectivity index (χ0) is 19.6. The van der Waals surface area contributed by atoms with Gasteiger partial charge >= 0.3 is 0 Å². The first-order valence-electron chi connectivity index (χ1n) is 9.38. The van der Waals surface area contributed by atoms with Crippen molar-refractivity contribution in [3.05, 3.63) is 46.6 Å². The number of nitrogens with one attached hydrogen (secondary N) is 2. The Hall–Kier alpha value is -1.39. The Kier molecular flexibility index (Phi) is 11.4. The van der Waals surface area contributed by atoms with E-state index >= 15 is 0 Å². The normalized spacial score (nSPS) is 12.6. The fourth-order valence-corrected chi connectivity index (χ4v) is 3.20. The Balaban J connectivity index is 0.00000392. The first kappa shape index (κ1) is 24.6. The molecule has 0 saturated heterocycles. The van der Waals surface area contributed by atoms with Crippen molar-refractivity contribution < 1.29 is 4.52 Å². The first-order valence-corrected chi connectivity index (χ1v) is 9.76. The Morgan fingerprint density at radius 1 is 1.21 bits per heavy atom. The molecule has 0 aliphatic carbocycles. The minimum Gasteiger partial charge on any atom is -0.357 e. The summed E-state index contributed by atoms with van der Waals surface area (Å²) in [4.78, 5) is 11.1. The van der Waals surface area contributed by atoms with E-state index in [1.54, 1.807) is 6.92 Å². The number of hydrogen-bond acceptors (Lipinski definition) is 5. The summed E-state index contributed by atoms with van der Waals surface area (Å²) in [7, 11) is 0. The van der Waals surface area contributed by atoms with Gasteiger partial charge in [0.05, 0.1) is 6.04 Å². The van der Waals surface area contributed by atoms with Crippen molar-refractivity contribution in [3.63, 3.8) is 0 Å². The fraction of sp³-hybridized carbons (Fsp3) is 0.526. The van der Waals surface area contributed by atoms with Gasteiger partial charge in [-0.3, -0.25) is 4.90 Å². The zero-order valence-electron chi connectivity index (χ0n) is 16.9. The van der Waals surface area contributed by atoms with Gasteiger partial charge in [0.25, 0.3) is 0 Å². The van der Waals surface area contributed by atoms with Gasteiger partial charge in [-0.1, -0.05) is 48.8 Å². The number of aromatic nitrogens is 2. The quantitative estimate of drug-likeness (QED) is 0.298. The van der Waals surface area contributed by atoms with E-state index in [0.29, 0.717) is 30.8 Å². The molecule has 2 N–H and O–H groups in total. The molecular formula is C19H30ClIN6O. The van der Waals surface area contributed by atoms with Gasteiger partial charge in [0.2, 0.25) is 5.89 Å². The second-order valence-corrected chi connectivity index (χ2v) is 6.47. The van der Waals surface area contributed by atoms with E-state index in [2.05, 4.69) is 50.6 Å². The molecule has 156 valence electrons. The maximum Gasteiger partial charge on any atom is 0.223 e. The maximum atomic E-state index is 6.47. The lowest BCUT2D eigenvalue weighted by atomic mass is 10.0. The van der Waals surface area contributed by atoms with Crippen molar-refractivity contribution in [1.82, 2.24) is 25.7 Å². The molecule has 1 aromatic carbocycles. The zero-order valence-corrected chi connectivity index (χ0v) is 20.0. The number of guanidine groups is 1. The predicted octanol–water partition coefficient (Wildman–Crippen LogP) is 3.79. The van der Waals surface area contributed by atoms with E-state index in [1.165, 1.54) is 0 Å². The van der Waals surface area contributed by atoms with Crippen LogP contribution in [0.5, 0.6) is 0 Å². The monoisotopic (exact) mass is 520 g/mol. The third-order valence-electron chi connectivity index (χ3n) is 4.27. The molecule has 0 aliphatic rings. The highest BCUT2D eigenvalue weighted by Gasteiger charge is 2.20. The molecule has 1 unspecified atom stereocenters. The maximum absolute atomic E-state index is 6.47. The van der Waals surface area contributed by atoms with Crippen molar-refractivity contribution in [2.24, 2.45) is 4.99 Å². The average molecular weight is 521 g/mol. The molecule has 1 aromatic heterocycles. The topological polar surface area (TPSA) is 78.6 Å². The highest BCUT2D eigenvalue weighted by atomic mass is 127. The molecular weight excluding hydrogens is 491 g/mol. The van der Waals surface area contributed by atoms with Gasteiger partial charge < -0.3 is 15.2 Å². The summed E-state index contributed by atoms with van der Waals surface area (Å²) in [6, 6.07) is 8.14. The van der Waals surface area contributed by atoms with E-state index < -0.39 is 0 Å². The Labute approximate surface area is 189 Å². The predicted molar refractivity (Wildman–Crippen MR) is 124 cm³/mol. The number of rotatable bonds is 9. The lowest BCUT2D eigenvalue weighted by Gasteiger charge is -2.31. The summed E-state index contributed by atoms with van der Waals surface area (Å²) in [5, 5.41) is 11.3. The number of halogens is 2. The largest absolute Gasteiger partial charge is 0.357 e. The van der Waals surface area contributed by atoms with Crippen LogP contribution in [-0.2, 0) is 6.54 Å². The van der Waals surface area contributed by atoms with Crippen molar-refractivity contribution >= 4 is 41.5 Å². The fourth-order valence-electron chi connectivity index (χ4n) is 2.94. The van der Waals surface area contributed by atoms with Crippen LogP contribution in [0.15, 0.2) is 33.8 Å². The molecule has 0 spiro atoms. The van der Waals surface area contributed by atoms with Gasteiger partial charge in [0.15, 0.2) is 11.8 Å². The molecule has 1 atom stereocenters. The van der Waals surface area contributed by atoms with E-state index in [0.717, 1.165) is 30.2 Å². The number of nitrogens with zero attached hydrogens (tertiary/aromatic N) is 4. The van der Waals surface area contributed by atoms with Crippen LogP contribution in [0.2, 0.25) is 5.02 Å². The first-order chi connectivity index (χ1) is 13.1. The molecule has 2 aromatic rings. The number of hydrogen-bond donors (Lipinski definition) is 2. The molecule has 2 rings (SSSR count). The summed E-state index contributed by atoms with van der Waals surface area (Å²) in [6.07, 6.45) is 0. The van der Waals surface area contributed by atoms with Crippen LogP contribution in [0.25, 0.3) is 0 Å². The highest BCUT2D eigenvalue weighted by molar-refractivity contribution is 14.0. The highest BCUT2D eigenvalue weighted by Crippen LogP contribution is 2.26. The van der Waals surface area contributed by atoms with Crippen LogP contribution in [0.1, 0.15) is 44.1 Å². The Morgan fingerprint density at radius 3 is 2.50 bits per heavy atom. The van der Waals surface area contributed by atoms with Crippen LogP contribution < -0.4 is 10.6 Å². The number of likely N-dealkylation sites (N-methyl/N-ethyl adjacent to an activating group) is 1. The van der Waals surface area contributed by atoms with E-state index in [1.807, 2.05) is 25.1 Å². The van der Waals surface area contributed by atoms with Gasteiger partial charge in [-0.15, -0.1) is 24.0 Å². The minimum absolute atomic E-state index is 0. The van der Waals surface area contributed by atoms with Gasteiger partial charge in [-0.25, -0.2) is 4.99 Å². The summed E-state index contributed by atoms with van der Waals surface area (Å²) in [5.41, 5.74) is 1.11. The van der Waals surface area contributed by atoms with Crippen molar-refractivity contribution in [3.8, 4) is 0 Å².